The zero-order chi connectivity index (χ0) is 61.3. The zero-order valence-corrected chi connectivity index (χ0v) is 55.5. The molecule has 0 amide bonds. The van der Waals surface area contributed by atoms with Crippen molar-refractivity contribution in [2.45, 2.75) is 211 Å². The highest BCUT2D eigenvalue weighted by molar-refractivity contribution is 5.86. The van der Waals surface area contributed by atoms with Gasteiger partial charge in [-0.05, 0) is 294 Å². The number of rotatable bonds is 19. The van der Waals surface area contributed by atoms with Crippen LogP contribution in [0.15, 0.2) is 222 Å². The summed E-state index contributed by atoms with van der Waals surface area (Å²) in [6, 6.07) is 19.4. The molecule has 3 heteroatoms. The van der Waals surface area contributed by atoms with Crippen molar-refractivity contribution in [3.05, 3.63) is 239 Å². The number of nitrogens with zero attached hydrogens (tertiary/aromatic N) is 2. The molecule has 0 aromatic heterocycles. The molecule has 2 aromatic rings. The van der Waals surface area contributed by atoms with Crippen molar-refractivity contribution < 1.29 is 4.74 Å². The third-order valence-corrected chi connectivity index (χ3v) is 24.6. The van der Waals surface area contributed by atoms with E-state index in [0.29, 0.717) is 65.5 Å². The number of anilines is 2. The van der Waals surface area contributed by atoms with Crippen LogP contribution in [0.25, 0.3) is 11.1 Å². The second-order valence-corrected chi connectivity index (χ2v) is 30.2. The average molecular weight is 1200 g/mol. The Kier molecular flexibility index (Phi) is 18.5. The van der Waals surface area contributed by atoms with Gasteiger partial charge in [0.05, 0.1) is 18.2 Å². The molecule has 470 valence electrons. The number of benzene rings is 2. The van der Waals surface area contributed by atoms with Gasteiger partial charge in [-0.25, -0.2) is 0 Å². The normalized spacial score (nSPS) is 32.6. The lowest BCUT2D eigenvalue weighted by atomic mass is 9.61. The Balaban J connectivity index is 0.749. The van der Waals surface area contributed by atoms with Gasteiger partial charge in [0.25, 0.3) is 0 Å². The minimum atomic E-state index is -0.0958. The molecule has 3 nitrogen and oxygen atoms in total. The molecule has 1 aliphatic heterocycles. The molecule has 90 heavy (non-hydrogen) atoms. The minimum absolute atomic E-state index is 0.0958. The maximum Gasteiger partial charge on any atom is 0.0785 e. The Bertz CT molecular complexity index is 3480. The van der Waals surface area contributed by atoms with Gasteiger partial charge in [0, 0.05) is 35.1 Å². The number of allylic oxidation sites excluding steroid dienone is 25. The van der Waals surface area contributed by atoms with Crippen molar-refractivity contribution >= 4 is 22.5 Å². The molecule has 0 bridgehead atoms. The van der Waals surface area contributed by atoms with E-state index < -0.39 is 0 Å². The molecule has 0 spiro atoms. The first-order chi connectivity index (χ1) is 44.1. The van der Waals surface area contributed by atoms with Crippen molar-refractivity contribution in [3.63, 3.8) is 0 Å². The van der Waals surface area contributed by atoms with Gasteiger partial charge in [0.2, 0.25) is 0 Å². The van der Waals surface area contributed by atoms with E-state index >= 15 is 0 Å². The monoisotopic (exact) mass is 1190 g/mol. The van der Waals surface area contributed by atoms with Gasteiger partial charge in [-0.1, -0.05) is 179 Å². The second-order valence-electron chi connectivity index (χ2n) is 30.2. The fraction of sp³-hybridized carbons (Fsp3) is 0.494. The quantitative estimate of drug-likeness (QED) is 0.130. The van der Waals surface area contributed by atoms with Crippen LogP contribution in [0.1, 0.15) is 198 Å². The summed E-state index contributed by atoms with van der Waals surface area (Å²) >= 11 is 0. The van der Waals surface area contributed by atoms with E-state index in [1.807, 2.05) is 6.08 Å². The zero-order valence-electron chi connectivity index (χ0n) is 55.5. The van der Waals surface area contributed by atoms with Crippen LogP contribution in [0.4, 0.5) is 11.4 Å². The van der Waals surface area contributed by atoms with Crippen molar-refractivity contribution in [2.75, 3.05) is 11.5 Å². The number of hydrogen-bond donors (Lipinski definition) is 0. The Morgan fingerprint density at radius 3 is 2.31 bits per heavy atom. The SMILES string of the molecule is C=CC1=CCC(C2C=C(C)C(OCC(C)CCC(C)CC3(C4C=CC=CC4)C4=C(CCC=C4)c4ccc(N(c5ccc(C6=CC7=C(CC6)N(C6C=CC=CC6)C6CCC(C8=CCC(C=C)CC8)C=C76)cc5)C5CCC(C6=CCCCC6)CC5)cc43)CC2C)C=C1. The molecule has 1 saturated carbocycles. The van der Waals surface area contributed by atoms with E-state index in [1.54, 1.807) is 44.7 Å². The molecule has 0 radical (unpaired) electrons. The fourth-order valence-electron chi connectivity index (χ4n) is 19.6. The predicted molar refractivity (Wildman–Crippen MR) is 382 cm³/mol. The van der Waals surface area contributed by atoms with Crippen molar-refractivity contribution in [3.8, 4) is 0 Å². The number of ether oxygens (including phenoxy) is 1. The topological polar surface area (TPSA) is 15.7 Å². The summed E-state index contributed by atoms with van der Waals surface area (Å²) in [5, 5.41) is 0. The lowest BCUT2D eigenvalue weighted by Crippen LogP contribution is -2.40. The maximum absolute atomic E-state index is 6.90. The lowest BCUT2D eigenvalue weighted by Gasteiger charge is -2.43. The third kappa shape index (κ3) is 12.3. The Morgan fingerprint density at radius 1 is 0.733 bits per heavy atom. The highest BCUT2D eigenvalue weighted by Gasteiger charge is 2.50. The van der Waals surface area contributed by atoms with Crippen LogP contribution in [0.3, 0.4) is 0 Å². The second kappa shape index (κ2) is 27.2. The molecule has 0 saturated heterocycles. The van der Waals surface area contributed by atoms with E-state index in [9.17, 15) is 0 Å². The highest BCUT2D eigenvalue weighted by Crippen LogP contribution is 2.60. The Labute approximate surface area is 543 Å². The molecule has 1 fully saturated rings. The smallest absolute Gasteiger partial charge is 0.0785 e. The Morgan fingerprint density at radius 2 is 1.57 bits per heavy atom. The van der Waals surface area contributed by atoms with E-state index in [0.717, 1.165) is 76.7 Å². The van der Waals surface area contributed by atoms with Crippen LogP contribution in [0, 0.1) is 53.3 Å². The third-order valence-electron chi connectivity index (χ3n) is 24.6. The van der Waals surface area contributed by atoms with Gasteiger partial charge in [-0.2, -0.15) is 0 Å². The van der Waals surface area contributed by atoms with E-state index in [2.05, 4.69) is 209 Å². The van der Waals surface area contributed by atoms with Gasteiger partial charge in [0.1, 0.15) is 0 Å². The summed E-state index contributed by atoms with van der Waals surface area (Å²) in [6.07, 6.45) is 77.8. The van der Waals surface area contributed by atoms with Crippen molar-refractivity contribution in [2.24, 2.45) is 53.3 Å². The minimum Gasteiger partial charge on any atom is -0.374 e. The first kappa shape index (κ1) is 61.4. The molecule has 0 N–H and O–H groups in total. The largest absolute Gasteiger partial charge is 0.374 e. The Hall–Kier alpha value is -6.16. The molecular formula is C87H106N2O. The summed E-state index contributed by atoms with van der Waals surface area (Å²) < 4.78 is 6.90. The molecule has 12 unspecified atom stereocenters. The van der Waals surface area contributed by atoms with Crippen LogP contribution >= 0.6 is 0 Å². The van der Waals surface area contributed by atoms with Crippen molar-refractivity contribution in [1.82, 2.24) is 4.90 Å². The lowest BCUT2D eigenvalue weighted by molar-refractivity contribution is 0.0256. The van der Waals surface area contributed by atoms with E-state index in [-0.39, 0.29) is 11.5 Å². The van der Waals surface area contributed by atoms with Gasteiger partial charge < -0.3 is 14.5 Å². The van der Waals surface area contributed by atoms with E-state index in [4.69, 9.17) is 4.74 Å². The van der Waals surface area contributed by atoms with Gasteiger partial charge in [-0.15, -0.1) is 6.58 Å². The molecule has 11 aliphatic carbocycles. The van der Waals surface area contributed by atoms with Gasteiger partial charge in [-0.3, -0.25) is 0 Å². The van der Waals surface area contributed by atoms with Crippen LogP contribution in [0.5, 0.6) is 0 Å². The summed E-state index contributed by atoms with van der Waals surface area (Å²) in [4.78, 5) is 5.73. The first-order valence-electron chi connectivity index (χ1n) is 36.5. The first-order valence-corrected chi connectivity index (χ1v) is 36.5. The molecule has 12 aliphatic rings. The number of hydrogen-bond acceptors (Lipinski definition) is 3. The predicted octanol–water partition coefficient (Wildman–Crippen LogP) is 22.7. The number of fused-ring (bicyclic) bond motifs is 4. The summed E-state index contributed by atoms with van der Waals surface area (Å²) in [5.41, 5.74) is 22.8. The van der Waals surface area contributed by atoms with Crippen LogP contribution in [0.2, 0.25) is 0 Å². The van der Waals surface area contributed by atoms with Gasteiger partial charge >= 0.3 is 0 Å². The van der Waals surface area contributed by atoms with E-state index in [1.165, 1.54) is 129 Å². The van der Waals surface area contributed by atoms with Crippen molar-refractivity contribution in [1.29, 1.82) is 0 Å². The summed E-state index contributed by atoms with van der Waals surface area (Å²) in [7, 11) is 0. The van der Waals surface area contributed by atoms with Crippen LogP contribution in [-0.4, -0.2) is 35.7 Å². The van der Waals surface area contributed by atoms with Gasteiger partial charge in [0.15, 0.2) is 0 Å². The van der Waals surface area contributed by atoms with Crippen LogP contribution < -0.4 is 4.90 Å². The molecule has 12 atom stereocenters. The molecule has 2 aromatic carbocycles. The summed E-state index contributed by atoms with van der Waals surface area (Å²) in [5.74, 6) is 5.12. The fourth-order valence-corrected chi connectivity index (χ4v) is 19.6. The van der Waals surface area contributed by atoms with Crippen LogP contribution in [-0.2, 0) is 10.2 Å². The molecule has 14 rings (SSSR count). The standard InChI is InChI=1S/C87H106N2O/c1-7-63-30-34-67(35-31-63)70-42-50-84-80(54-70)81-55-71(43-51-85(81)89(84)73-24-16-11-17-25-73)68-40-46-75(47-41-68)88(74-44-38-66(39-45-74)65-20-12-9-13-21-65)76-48-49-78-77-26-18-19-27-82(77)87(83(78)56-76,72-22-14-10-15-23-72)57-59(3)28-29-60(4)58-90-86-53-61(5)79(52-62(86)6)69-36-32-64(8-2)33-37-69/h7-8,10-11,14-17,19-20,22,24,27,32-34,36,40-41,46-49,52,54-56,59-61,63,66,69-70,72-74,79,84,86H,1-2,9,12-13,18,21,23,25-26,28-31,35,37-39,42-45,50-51,53,57-58H2,3-6H3. The maximum atomic E-state index is 6.90. The molecular weight excluding hydrogens is 1090 g/mol. The average Bonchev–Trinajstić information content (AvgIpc) is 1.59. The molecule has 1 heterocycles. The highest BCUT2D eigenvalue weighted by atomic mass is 16.5. The summed E-state index contributed by atoms with van der Waals surface area (Å²) in [6.45, 7) is 18.8.